The van der Waals surface area contributed by atoms with Crippen LogP contribution in [0.1, 0.15) is 30.4 Å². The van der Waals surface area contributed by atoms with Crippen LogP contribution in [0, 0.1) is 18.8 Å². The molecule has 0 saturated carbocycles. The number of aryl methyl sites for hydroxylation is 1. The Morgan fingerprint density at radius 1 is 1.32 bits per heavy atom. The van der Waals surface area contributed by atoms with Crippen LogP contribution in [0.3, 0.4) is 0 Å². The summed E-state index contributed by atoms with van der Waals surface area (Å²) in [4.78, 5) is 10.5. The first-order valence-electron chi connectivity index (χ1n) is 8.73. The molecule has 0 unspecified atom stereocenters. The minimum atomic E-state index is -0.897. The standard InChI is InChI=1S/C21H26ClNO2/c1-16-11-12-19(20(22)13-16)15-23-14-18-9-6-5-8-17(18)7-3-2-4-10-21(24)25/h3-7,10-13,17-18,23H,2,8-9,14-15H2,1H3,(H,24,25)/b7-3-,10-4+/t17-,18+/m0/s1. The van der Waals surface area contributed by atoms with Crippen molar-refractivity contribution in [2.24, 2.45) is 11.8 Å². The largest absolute Gasteiger partial charge is 0.478 e. The lowest BCUT2D eigenvalue weighted by molar-refractivity contribution is -0.131. The normalized spacial score (nSPS) is 20.6. The van der Waals surface area contributed by atoms with Crippen LogP contribution >= 0.6 is 11.6 Å². The summed E-state index contributed by atoms with van der Waals surface area (Å²) in [5.41, 5.74) is 2.30. The molecule has 2 N–H and O–H groups in total. The highest BCUT2D eigenvalue weighted by molar-refractivity contribution is 6.31. The van der Waals surface area contributed by atoms with Gasteiger partial charge in [-0.2, -0.15) is 0 Å². The molecule has 0 heterocycles. The van der Waals surface area contributed by atoms with Gasteiger partial charge in [-0.25, -0.2) is 4.79 Å². The highest BCUT2D eigenvalue weighted by Crippen LogP contribution is 2.26. The van der Waals surface area contributed by atoms with Crippen molar-refractivity contribution in [2.75, 3.05) is 6.54 Å². The smallest absolute Gasteiger partial charge is 0.327 e. The molecule has 0 fully saturated rings. The van der Waals surface area contributed by atoms with Gasteiger partial charge in [0.25, 0.3) is 0 Å². The summed E-state index contributed by atoms with van der Waals surface area (Å²) >= 11 is 6.29. The summed E-state index contributed by atoms with van der Waals surface area (Å²) in [6.45, 7) is 3.76. The Morgan fingerprint density at radius 3 is 2.88 bits per heavy atom. The van der Waals surface area contributed by atoms with Crippen molar-refractivity contribution >= 4 is 17.6 Å². The second-order valence-electron chi connectivity index (χ2n) is 6.50. The van der Waals surface area contributed by atoms with Gasteiger partial charge < -0.3 is 10.4 Å². The molecule has 1 aromatic carbocycles. The summed E-state index contributed by atoms with van der Waals surface area (Å²) in [6.07, 6.45) is 14.4. The van der Waals surface area contributed by atoms with Gasteiger partial charge in [0, 0.05) is 17.6 Å². The second-order valence-corrected chi connectivity index (χ2v) is 6.90. The number of carboxylic acids is 1. The topological polar surface area (TPSA) is 49.3 Å². The fourth-order valence-electron chi connectivity index (χ4n) is 3.05. The predicted molar refractivity (Wildman–Crippen MR) is 104 cm³/mol. The number of nitrogens with one attached hydrogen (secondary N) is 1. The van der Waals surface area contributed by atoms with Gasteiger partial charge in [-0.05, 0) is 61.8 Å². The molecule has 1 aliphatic carbocycles. The van der Waals surface area contributed by atoms with Crippen LogP contribution in [-0.4, -0.2) is 17.6 Å². The second kappa shape index (κ2) is 10.2. The monoisotopic (exact) mass is 359 g/mol. The highest BCUT2D eigenvalue weighted by atomic mass is 35.5. The molecule has 0 aromatic heterocycles. The van der Waals surface area contributed by atoms with Gasteiger partial charge in [0.05, 0.1) is 0 Å². The maximum Gasteiger partial charge on any atom is 0.327 e. The number of benzene rings is 1. The van der Waals surface area contributed by atoms with Crippen molar-refractivity contribution in [2.45, 2.75) is 32.7 Å². The van der Waals surface area contributed by atoms with E-state index in [2.05, 4.69) is 41.8 Å². The van der Waals surface area contributed by atoms with Crippen LogP contribution in [0.25, 0.3) is 0 Å². The van der Waals surface area contributed by atoms with E-state index in [9.17, 15) is 4.79 Å². The van der Waals surface area contributed by atoms with Crippen molar-refractivity contribution in [3.05, 3.63) is 70.8 Å². The molecule has 0 aliphatic heterocycles. The number of aliphatic carboxylic acids is 1. The number of halogens is 1. The van der Waals surface area contributed by atoms with Crippen LogP contribution in [-0.2, 0) is 11.3 Å². The van der Waals surface area contributed by atoms with Gasteiger partial charge in [0.2, 0.25) is 0 Å². The number of carbonyl (C=O) groups is 1. The van der Waals surface area contributed by atoms with Crippen molar-refractivity contribution < 1.29 is 9.90 Å². The third-order valence-electron chi connectivity index (χ3n) is 4.47. The molecule has 4 heteroatoms. The van der Waals surface area contributed by atoms with E-state index in [4.69, 9.17) is 16.7 Å². The molecule has 25 heavy (non-hydrogen) atoms. The first-order chi connectivity index (χ1) is 12.1. The molecule has 134 valence electrons. The van der Waals surface area contributed by atoms with E-state index < -0.39 is 5.97 Å². The van der Waals surface area contributed by atoms with Crippen LogP contribution in [0.4, 0.5) is 0 Å². The fraction of sp³-hybridized carbons (Fsp3) is 0.381. The number of carboxylic acid groups (broad SMARTS) is 1. The quantitative estimate of drug-likeness (QED) is 0.512. The molecule has 1 aliphatic rings. The molecule has 3 nitrogen and oxygen atoms in total. The lowest BCUT2D eigenvalue weighted by Crippen LogP contribution is -2.28. The Labute approximate surface area is 155 Å². The summed E-state index contributed by atoms with van der Waals surface area (Å²) in [7, 11) is 0. The molecule has 0 amide bonds. The Kier molecular flexibility index (Phi) is 7.96. The molecule has 0 saturated heterocycles. The van der Waals surface area contributed by atoms with E-state index in [0.29, 0.717) is 18.3 Å². The van der Waals surface area contributed by atoms with Gasteiger partial charge in [-0.15, -0.1) is 0 Å². The molecule has 1 aromatic rings. The maximum absolute atomic E-state index is 10.5. The third-order valence-corrected chi connectivity index (χ3v) is 4.82. The summed E-state index contributed by atoms with van der Waals surface area (Å²) in [6, 6.07) is 6.16. The highest BCUT2D eigenvalue weighted by Gasteiger charge is 2.19. The molecule has 2 rings (SSSR count). The zero-order valence-electron chi connectivity index (χ0n) is 14.6. The Balaban J connectivity index is 1.83. The van der Waals surface area contributed by atoms with E-state index in [1.54, 1.807) is 6.08 Å². The SMILES string of the molecule is Cc1ccc(CNC[C@H]2CC=CC[C@@H]2/C=C\C/C=C/C(=O)O)c(Cl)c1. The average Bonchev–Trinajstić information content (AvgIpc) is 2.57. The molecule has 0 radical (unpaired) electrons. The third kappa shape index (κ3) is 6.89. The lowest BCUT2D eigenvalue weighted by atomic mass is 9.82. The number of hydrogen-bond acceptors (Lipinski definition) is 2. The summed E-state index contributed by atoms with van der Waals surface area (Å²) in [5, 5.41) is 12.9. The number of allylic oxidation sites excluding steroid dienone is 5. The Hall–Kier alpha value is -1.84. The van der Waals surface area contributed by atoms with E-state index in [-0.39, 0.29) is 0 Å². The maximum atomic E-state index is 10.5. The first-order valence-corrected chi connectivity index (χ1v) is 9.11. The Morgan fingerprint density at radius 2 is 2.12 bits per heavy atom. The zero-order chi connectivity index (χ0) is 18.1. The average molecular weight is 360 g/mol. The van der Waals surface area contributed by atoms with Gasteiger partial charge in [0.15, 0.2) is 0 Å². The fourth-order valence-corrected chi connectivity index (χ4v) is 3.35. The number of rotatable bonds is 8. The van der Waals surface area contributed by atoms with E-state index in [1.165, 1.54) is 11.6 Å². The van der Waals surface area contributed by atoms with E-state index >= 15 is 0 Å². The minimum absolute atomic E-state index is 0.490. The summed E-state index contributed by atoms with van der Waals surface area (Å²) < 4.78 is 0. The van der Waals surface area contributed by atoms with Crippen molar-refractivity contribution in [3.63, 3.8) is 0 Å². The Bertz CT molecular complexity index is 664. The van der Waals surface area contributed by atoms with Crippen LogP contribution in [0.2, 0.25) is 5.02 Å². The van der Waals surface area contributed by atoms with E-state index in [0.717, 1.165) is 36.5 Å². The van der Waals surface area contributed by atoms with Gasteiger partial charge in [-0.3, -0.25) is 0 Å². The first kappa shape index (κ1) is 19.5. The van der Waals surface area contributed by atoms with Crippen molar-refractivity contribution in [1.82, 2.24) is 5.32 Å². The minimum Gasteiger partial charge on any atom is -0.478 e. The van der Waals surface area contributed by atoms with Gasteiger partial charge in [-0.1, -0.05) is 54.1 Å². The summed E-state index contributed by atoms with van der Waals surface area (Å²) in [5.74, 6) is 0.143. The van der Waals surface area contributed by atoms with Crippen LogP contribution in [0.5, 0.6) is 0 Å². The zero-order valence-corrected chi connectivity index (χ0v) is 15.4. The predicted octanol–water partition coefficient (Wildman–Crippen LogP) is 4.91. The lowest BCUT2D eigenvalue weighted by Gasteiger charge is -2.26. The molecule has 0 spiro atoms. The van der Waals surface area contributed by atoms with Crippen molar-refractivity contribution in [3.8, 4) is 0 Å². The number of hydrogen-bond donors (Lipinski definition) is 2. The van der Waals surface area contributed by atoms with Gasteiger partial charge >= 0.3 is 5.97 Å². The van der Waals surface area contributed by atoms with Crippen molar-refractivity contribution in [1.29, 1.82) is 0 Å². The van der Waals surface area contributed by atoms with Crippen LogP contribution < -0.4 is 5.32 Å². The van der Waals surface area contributed by atoms with Gasteiger partial charge in [0.1, 0.15) is 0 Å². The molecular formula is C21H26ClNO2. The molecular weight excluding hydrogens is 334 g/mol. The molecule has 0 bridgehead atoms. The molecule has 2 atom stereocenters. The van der Waals surface area contributed by atoms with E-state index in [1.807, 2.05) is 13.0 Å². The van der Waals surface area contributed by atoms with Crippen LogP contribution in [0.15, 0.2) is 54.7 Å².